The molecule has 2 atom stereocenters. The summed E-state index contributed by atoms with van der Waals surface area (Å²) in [6, 6.07) is 10.2. The Bertz CT molecular complexity index is 672. The lowest BCUT2D eigenvalue weighted by molar-refractivity contribution is 0.447. The molecular weight excluding hydrogens is 262 g/mol. The highest BCUT2D eigenvalue weighted by molar-refractivity contribution is 5.26. The van der Waals surface area contributed by atoms with Crippen molar-refractivity contribution in [1.82, 2.24) is 19.1 Å². The lowest BCUT2D eigenvalue weighted by Crippen LogP contribution is -2.20. The molecule has 108 valence electrons. The second kappa shape index (κ2) is 5.93. The Balaban J connectivity index is 1.83. The first-order valence-electron chi connectivity index (χ1n) is 7.03. The molecule has 3 aromatic rings. The van der Waals surface area contributed by atoms with Crippen LogP contribution >= 0.6 is 0 Å². The minimum absolute atomic E-state index is 0.168. The predicted octanol–water partition coefficient (Wildman–Crippen LogP) is 2.39. The van der Waals surface area contributed by atoms with Crippen molar-refractivity contribution in [2.75, 3.05) is 0 Å². The first-order valence-corrected chi connectivity index (χ1v) is 7.03. The van der Waals surface area contributed by atoms with Gasteiger partial charge in [0.15, 0.2) is 0 Å². The van der Waals surface area contributed by atoms with E-state index in [-0.39, 0.29) is 12.1 Å². The quantitative estimate of drug-likeness (QED) is 0.781. The number of imidazole rings is 2. The maximum absolute atomic E-state index is 6.39. The molecule has 0 spiro atoms. The van der Waals surface area contributed by atoms with Crippen molar-refractivity contribution in [3.05, 3.63) is 72.8 Å². The molecule has 0 amide bonds. The maximum Gasteiger partial charge on any atom is 0.0951 e. The summed E-state index contributed by atoms with van der Waals surface area (Å²) >= 11 is 0. The number of nitrogens with zero attached hydrogens (tertiary/aromatic N) is 4. The molecule has 5 nitrogen and oxygen atoms in total. The Morgan fingerprint density at radius 2 is 1.95 bits per heavy atom. The number of benzene rings is 1. The van der Waals surface area contributed by atoms with E-state index in [1.54, 1.807) is 6.20 Å². The summed E-state index contributed by atoms with van der Waals surface area (Å²) in [5.74, 6) is 0. The molecule has 2 unspecified atom stereocenters. The zero-order valence-corrected chi connectivity index (χ0v) is 12.0. The smallest absolute Gasteiger partial charge is 0.0951 e. The molecule has 5 heteroatoms. The normalized spacial score (nSPS) is 14.0. The molecule has 1 aromatic carbocycles. The number of nitrogens with two attached hydrogens (primary N) is 1. The van der Waals surface area contributed by atoms with Crippen LogP contribution in [0.4, 0.5) is 0 Å². The Hall–Kier alpha value is -2.40. The molecule has 2 N–H and O–H groups in total. The Kier molecular flexibility index (Phi) is 3.83. The fourth-order valence-corrected chi connectivity index (χ4v) is 2.54. The number of hydrogen-bond acceptors (Lipinski definition) is 3. The second-order valence-electron chi connectivity index (χ2n) is 5.22. The second-order valence-corrected chi connectivity index (χ2v) is 5.22. The molecule has 0 fully saturated rings. The molecule has 0 radical (unpaired) electrons. The summed E-state index contributed by atoms with van der Waals surface area (Å²) in [5.41, 5.74) is 8.51. The topological polar surface area (TPSA) is 61.7 Å². The van der Waals surface area contributed by atoms with Gasteiger partial charge in [-0.2, -0.15) is 0 Å². The minimum atomic E-state index is -0.168. The molecule has 2 aromatic heterocycles. The van der Waals surface area contributed by atoms with Gasteiger partial charge in [0.2, 0.25) is 0 Å². The van der Waals surface area contributed by atoms with Crippen LogP contribution in [-0.4, -0.2) is 19.1 Å². The summed E-state index contributed by atoms with van der Waals surface area (Å²) in [5, 5.41) is 0. The Morgan fingerprint density at radius 1 is 1.14 bits per heavy atom. The lowest BCUT2D eigenvalue weighted by atomic mass is 10.0. The standard InChI is InChI=1S/C16H19N5/c1-13(10-20-8-7-18-11-20)21-12-19-9-15(21)16(17)14-5-3-2-4-6-14/h2-9,11-13,16H,10,17H2,1H3. The van der Waals surface area contributed by atoms with Crippen molar-refractivity contribution in [3.63, 3.8) is 0 Å². The van der Waals surface area contributed by atoms with Crippen LogP contribution in [-0.2, 0) is 6.54 Å². The lowest BCUT2D eigenvalue weighted by Gasteiger charge is -2.20. The van der Waals surface area contributed by atoms with Crippen molar-refractivity contribution < 1.29 is 0 Å². The van der Waals surface area contributed by atoms with Gasteiger partial charge in [-0.1, -0.05) is 30.3 Å². The van der Waals surface area contributed by atoms with Crippen LogP contribution in [0.25, 0.3) is 0 Å². The van der Waals surface area contributed by atoms with Gasteiger partial charge in [0.1, 0.15) is 0 Å². The maximum atomic E-state index is 6.39. The van der Waals surface area contributed by atoms with Crippen molar-refractivity contribution in [2.45, 2.75) is 25.6 Å². The third kappa shape index (κ3) is 2.87. The number of hydrogen-bond donors (Lipinski definition) is 1. The average molecular weight is 281 g/mol. The first kappa shape index (κ1) is 13.6. The molecule has 2 heterocycles. The van der Waals surface area contributed by atoms with Crippen LogP contribution in [0.1, 0.15) is 30.3 Å². The first-order chi connectivity index (χ1) is 10.3. The van der Waals surface area contributed by atoms with Crippen LogP contribution in [0.15, 0.2) is 61.6 Å². The predicted molar refractivity (Wildman–Crippen MR) is 81.6 cm³/mol. The SMILES string of the molecule is CC(Cn1ccnc1)n1cncc1C(N)c1ccccc1. The van der Waals surface area contributed by atoms with Gasteiger partial charge in [-0.3, -0.25) is 0 Å². The molecule has 0 aliphatic carbocycles. The van der Waals surface area contributed by atoms with Gasteiger partial charge in [0, 0.05) is 18.9 Å². The van der Waals surface area contributed by atoms with Gasteiger partial charge in [0.25, 0.3) is 0 Å². The average Bonchev–Trinajstić information content (AvgIpc) is 3.18. The third-order valence-electron chi connectivity index (χ3n) is 3.68. The van der Waals surface area contributed by atoms with Crippen molar-refractivity contribution in [1.29, 1.82) is 0 Å². The van der Waals surface area contributed by atoms with Gasteiger partial charge in [-0.25, -0.2) is 9.97 Å². The van der Waals surface area contributed by atoms with Crippen molar-refractivity contribution >= 4 is 0 Å². The minimum Gasteiger partial charge on any atom is -0.335 e. The van der Waals surface area contributed by atoms with E-state index in [4.69, 9.17) is 5.73 Å². The van der Waals surface area contributed by atoms with Crippen molar-refractivity contribution in [2.24, 2.45) is 5.73 Å². The van der Waals surface area contributed by atoms with Crippen LogP contribution in [0.5, 0.6) is 0 Å². The van der Waals surface area contributed by atoms with E-state index in [2.05, 4.69) is 26.0 Å². The van der Waals surface area contributed by atoms with E-state index in [1.807, 2.05) is 55.4 Å². The molecular formula is C16H19N5. The van der Waals surface area contributed by atoms with E-state index in [1.165, 1.54) is 0 Å². The van der Waals surface area contributed by atoms with E-state index >= 15 is 0 Å². The zero-order valence-electron chi connectivity index (χ0n) is 12.0. The van der Waals surface area contributed by atoms with Crippen LogP contribution < -0.4 is 5.73 Å². The van der Waals surface area contributed by atoms with E-state index in [0.717, 1.165) is 17.8 Å². The van der Waals surface area contributed by atoms with E-state index in [0.29, 0.717) is 0 Å². The van der Waals surface area contributed by atoms with Gasteiger partial charge in [0.05, 0.1) is 36.6 Å². The van der Waals surface area contributed by atoms with Gasteiger partial charge in [-0.05, 0) is 12.5 Å². The fourth-order valence-electron chi connectivity index (χ4n) is 2.54. The molecule has 3 rings (SSSR count). The highest BCUT2D eigenvalue weighted by atomic mass is 15.1. The largest absolute Gasteiger partial charge is 0.335 e. The molecule has 21 heavy (non-hydrogen) atoms. The van der Waals surface area contributed by atoms with Gasteiger partial charge in [-0.15, -0.1) is 0 Å². The Morgan fingerprint density at radius 3 is 2.67 bits per heavy atom. The third-order valence-corrected chi connectivity index (χ3v) is 3.68. The van der Waals surface area contributed by atoms with Crippen molar-refractivity contribution in [3.8, 4) is 0 Å². The number of rotatable bonds is 5. The highest BCUT2D eigenvalue weighted by Gasteiger charge is 2.17. The van der Waals surface area contributed by atoms with E-state index in [9.17, 15) is 0 Å². The van der Waals surface area contributed by atoms with Crippen LogP contribution in [0.2, 0.25) is 0 Å². The Labute approximate surface area is 124 Å². The molecule has 0 aliphatic rings. The molecule has 0 aliphatic heterocycles. The molecule has 0 saturated heterocycles. The van der Waals surface area contributed by atoms with Crippen LogP contribution in [0, 0.1) is 0 Å². The highest BCUT2D eigenvalue weighted by Crippen LogP contribution is 2.22. The van der Waals surface area contributed by atoms with E-state index < -0.39 is 0 Å². The van der Waals surface area contributed by atoms with Gasteiger partial charge >= 0.3 is 0 Å². The van der Waals surface area contributed by atoms with Gasteiger partial charge < -0.3 is 14.9 Å². The number of aromatic nitrogens is 4. The summed E-state index contributed by atoms with van der Waals surface area (Å²) in [6.07, 6.45) is 9.27. The summed E-state index contributed by atoms with van der Waals surface area (Å²) in [7, 11) is 0. The summed E-state index contributed by atoms with van der Waals surface area (Å²) < 4.78 is 4.19. The zero-order chi connectivity index (χ0) is 14.7. The summed E-state index contributed by atoms with van der Waals surface area (Å²) in [6.45, 7) is 2.99. The van der Waals surface area contributed by atoms with Crippen LogP contribution in [0.3, 0.4) is 0 Å². The molecule has 0 saturated carbocycles. The molecule has 0 bridgehead atoms. The monoisotopic (exact) mass is 281 g/mol. The fraction of sp³-hybridized carbons (Fsp3) is 0.250. The summed E-state index contributed by atoms with van der Waals surface area (Å²) in [4.78, 5) is 8.35.